The molecule has 2 heterocycles. The Morgan fingerprint density at radius 2 is 1.83 bits per heavy atom. The zero-order chi connectivity index (χ0) is 32.0. The molecule has 5 rings (SSSR count). The molecule has 5 atom stereocenters. The van der Waals surface area contributed by atoms with Crippen LogP contribution in [0.4, 0.5) is 0 Å². The number of hydrogen-bond acceptors (Lipinski definition) is 5. The van der Waals surface area contributed by atoms with E-state index in [0.29, 0.717) is 44.9 Å². The van der Waals surface area contributed by atoms with Crippen LogP contribution in [0.15, 0.2) is 79.1 Å². The summed E-state index contributed by atoms with van der Waals surface area (Å²) in [5.74, 6) is -0.212. The maximum atomic E-state index is 13.9. The lowest BCUT2D eigenvalue weighted by atomic mass is 9.91. The van der Waals surface area contributed by atoms with Crippen molar-refractivity contribution in [3.63, 3.8) is 0 Å². The van der Waals surface area contributed by atoms with Gasteiger partial charge in [0.2, 0.25) is 11.8 Å². The zero-order valence-electron chi connectivity index (χ0n) is 27.0. The van der Waals surface area contributed by atoms with E-state index in [2.05, 4.69) is 50.2 Å². The summed E-state index contributed by atoms with van der Waals surface area (Å²) in [7, 11) is 0. The maximum Gasteiger partial charge on any atom is 0.244 e. The first-order chi connectivity index (χ1) is 21.6. The first-order valence-electron chi connectivity index (χ1n) is 16.2. The zero-order valence-corrected chi connectivity index (χ0v) is 27.0. The second-order valence-corrected chi connectivity index (χ2v) is 13.8. The van der Waals surface area contributed by atoms with E-state index in [1.54, 1.807) is 6.20 Å². The van der Waals surface area contributed by atoms with Crippen LogP contribution >= 0.6 is 0 Å². The van der Waals surface area contributed by atoms with E-state index < -0.39 is 18.1 Å². The van der Waals surface area contributed by atoms with Crippen LogP contribution in [0.3, 0.4) is 0 Å². The number of carbonyl (C=O) groups is 2. The van der Waals surface area contributed by atoms with Crippen LogP contribution in [0, 0.1) is 11.8 Å². The van der Waals surface area contributed by atoms with Gasteiger partial charge in [0.25, 0.3) is 0 Å². The van der Waals surface area contributed by atoms with Crippen molar-refractivity contribution in [2.75, 3.05) is 26.2 Å². The highest BCUT2D eigenvalue weighted by Gasteiger charge is 2.38. The lowest BCUT2D eigenvalue weighted by Gasteiger charge is -2.36. The van der Waals surface area contributed by atoms with E-state index in [4.69, 9.17) is 0 Å². The topological polar surface area (TPSA) is 97.6 Å². The van der Waals surface area contributed by atoms with E-state index >= 15 is 0 Å². The maximum absolute atomic E-state index is 13.9. The van der Waals surface area contributed by atoms with Crippen LogP contribution in [0.25, 0.3) is 0 Å². The molecule has 0 unspecified atom stereocenters. The number of piperazine rings is 1. The van der Waals surface area contributed by atoms with Crippen molar-refractivity contribution in [2.45, 2.75) is 78.1 Å². The number of β-amino-alcohol motifs (C(OH)–C–C–N with tert-alkyl or cyclic N) is 1. The highest BCUT2D eigenvalue weighted by molar-refractivity contribution is 5.83. The van der Waals surface area contributed by atoms with Gasteiger partial charge in [0.1, 0.15) is 6.04 Å². The van der Waals surface area contributed by atoms with Crippen molar-refractivity contribution in [3.05, 3.63) is 101 Å². The molecule has 8 nitrogen and oxygen atoms in total. The van der Waals surface area contributed by atoms with Gasteiger partial charge in [-0.15, -0.1) is 0 Å². The van der Waals surface area contributed by atoms with Crippen molar-refractivity contribution in [3.8, 4) is 0 Å². The number of fused-ring (bicyclic) bond motifs is 1. The minimum absolute atomic E-state index is 0. The molecule has 1 aliphatic heterocycles. The highest BCUT2D eigenvalue weighted by Crippen LogP contribution is 2.36. The highest BCUT2D eigenvalue weighted by atomic mass is 16.3. The lowest BCUT2D eigenvalue weighted by molar-refractivity contribution is -0.540. The molecule has 1 fully saturated rings. The molecule has 1 aliphatic carbocycles. The summed E-state index contributed by atoms with van der Waals surface area (Å²) in [6.07, 6.45) is 6.60. The predicted molar refractivity (Wildman–Crippen MR) is 184 cm³/mol. The quantitative estimate of drug-likeness (QED) is 0.290. The van der Waals surface area contributed by atoms with Crippen LogP contribution in [-0.4, -0.2) is 81.5 Å². The smallest absolute Gasteiger partial charge is 0.244 e. The SMILES string of the molecule is C.C[C@@H]1Cc2ccccc2[C@@H]1NC(=O)[C@H](Cc1ccccc1)C[C@H](O)CN1CC[N+](=Cc2cccnc2)C[C@H]1C(=O)NC(C)(C)C. The van der Waals surface area contributed by atoms with E-state index in [-0.39, 0.29) is 30.8 Å². The number of carbonyl (C=O) groups excluding carboxylic acids is 2. The van der Waals surface area contributed by atoms with Crippen LogP contribution < -0.4 is 10.6 Å². The number of hydrogen-bond donors (Lipinski definition) is 3. The van der Waals surface area contributed by atoms with Gasteiger partial charge >= 0.3 is 0 Å². The molecular formula is C38H52N5O3+. The molecule has 2 aromatic carbocycles. The van der Waals surface area contributed by atoms with Gasteiger partial charge in [0.15, 0.2) is 19.3 Å². The molecule has 8 heteroatoms. The molecule has 2 amide bonds. The van der Waals surface area contributed by atoms with E-state index in [9.17, 15) is 14.7 Å². The molecule has 1 aromatic heterocycles. The minimum atomic E-state index is -0.781. The number of benzene rings is 2. The van der Waals surface area contributed by atoms with Crippen LogP contribution in [-0.2, 0) is 22.4 Å². The van der Waals surface area contributed by atoms with Gasteiger partial charge in [-0.1, -0.05) is 68.9 Å². The van der Waals surface area contributed by atoms with E-state index in [1.807, 2.05) is 81.7 Å². The van der Waals surface area contributed by atoms with Gasteiger partial charge in [0.05, 0.1) is 24.3 Å². The van der Waals surface area contributed by atoms with E-state index in [0.717, 1.165) is 17.5 Å². The fraction of sp³-hybridized carbons (Fsp3) is 0.474. The Hall–Kier alpha value is -3.88. The average molecular weight is 627 g/mol. The van der Waals surface area contributed by atoms with E-state index in [1.165, 1.54) is 11.1 Å². The average Bonchev–Trinajstić information content (AvgIpc) is 3.32. The van der Waals surface area contributed by atoms with Crippen molar-refractivity contribution >= 4 is 18.0 Å². The van der Waals surface area contributed by atoms with Gasteiger partial charge in [-0.3, -0.25) is 19.5 Å². The summed E-state index contributed by atoms with van der Waals surface area (Å²) in [6.45, 7) is 10.2. The standard InChI is InChI=1S/C37H47N5O3.CH4/c1-26-19-29-14-8-9-15-32(29)34(26)39-35(44)30(20-27-11-6-5-7-12-27)21-31(43)24-42-18-17-41(23-28-13-10-16-38-22-28)25-33(42)36(45)40-37(2,3)4;/h5-16,22-23,26,30-31,33-34,43H,17-21,24-25H2,1-4H3,(H-,39,40,44,45);1H4/p+1/t26-,30-,31+,33+,34-;/m1./s1. The molecule has 0 bridgehead atoms. The summed E-state index contributed by atoms with van der Waals surface area (Å²) in [5.41, 5.74) is 4.13. The minimum Gasteiger partial charge on any atom is -0.392 e. The Kier molecular flexibility index (Phi) is 11.9. The number of rotatable bonds is 10. The third-order valence-corrected chi connectivity index (χ3v) is 8.84. The number of pyridine rings is 1. The second kappa shape index (κ2) is 15.6. The first kappa shape index (κ1) is 35.0. The predicted octanol–water partition coefficient (Wildman–Crippen LogP) is 4.41. The second-order valence-electron chi connectivity index (χ2n) is 13.8. The Labute approximate surface area is 275 Å². The molecule has 3 N–H and O–H groups in total. The number of aliphatic hydroxyl groups is 1. The molecule has 3 aromatic rings. The monoisotopic (exact) mass is 626 g/mol. The Bertz CT molecular complexity index is 1470. The van der Waals surface area contributed by atoms with Crippen molar-refractivity contribution < 1.29 is 19.3 Å². The third kappa shape index (κ3) is 9.33. The summed E-state index contributed by atoms with van der Waals surface area (Å²) in [6, 6.07) is 21.7. The van der Waals surface area contributed by atoms with Gasteiger partial charge < -0.3 is 15.7 Å². The molecule has 2 aliphatic rings. The summed E-state index contributed by atoms with van der Waals surface area (Å²) in [4.78, 5) is 33.8. The third-order valence-electron chi connectivity index (χ3n) is 8.84. The van der Waals surface area contributed by atoms with Gasteiger partial charge in [-0.2, -0.15) is 0 Å². The summed E-state index contributed by atoms with van der Waals surface area (Å²) < 4.78 is 2.15. The van der Waals surface area contributed by atoms with Gasteiger partial charge in [-0.25, -0.2) is 4.58 Å². The van der Waals surface area contributed by atoms with Crippen LogP contribution in [0.1, 0.15) is 69.8 Å². The Balaban J connectivity index is 0.00000480. The van der Waals surface area contributed by atoms with Gasteiger partial charge in [-0.05, 0) is 74.8 Å². The van der Waals surface area contributed by atoms with Crippen LogP contribution in [0.5, 0.6) is 0 Å². The van der Waals surface area contributed by atoms with Crippen molar-refractivity contribution in [1.82, 2.24) is 20.5 Å². The van der Waals surface area contributed by atoms with Crippen molar-refractivity contribution in [2.24, 2.45) is 11.8 Å². The fourth-order valence-electron chi connectivity index (χ4n) is 6.68. The summed E-state index contributed by atoms with van der Waals surface area (Å²) >= 11 is 0. The van der Waals surface area contributed by atoms with Crippen molar-refractivity contribution in [1.29, 1.82) is 0 Å². The van der Waals surface area contributed by atoms with Gasteiger partial charge in [0, 0.05) is 30.4 Å². The number of aliphatic hydroxyl groups excluding tert-OH is 1. The fourth-order valence-corrected chi connectivity index (χ4v) is 6.68. The molecular weight excluding hydrogens is 574 g/mol. The number of aromatic nitrogens is 1. The molecule has 0 spiro atoms. The number of nitrogens with one attached hydrogen (secondary N) is 2. The molecule has 246 valence electrons. The Morgan fingerprint density at radius 1 is 1.09 bits per heavy atom. The molecule has 0 radical (unpaired) electrons. The summed E-state index contributed by atoms with van der Waals surface area (Å²) in [5, 5.41) is 18.0. The largest absolute Gasteiger partial charge is 0.392 e. The Morgan fingerprint density at radius 3 is 2.54 bits per heavy atom. The lowest BCUT2D eigenvalue weighted by Crippen LogP contribution is -2.60. The van der Waals surface area contributed by atoms with Crippen LogP contribution in [0.2, 0.25) is 0 Å². The molecule has 0 saturated carbocycles. The first-order valence-corrected chi connectivity index (χ1v) is 16.2. The normalized spacial score (nSPS) is 21.9. The molecule has 46 heavy (non-hydrogen) atoms. The molecule has 1 saturated heterocycles. The number of nitrogens with zero attached hydrogens (tertiary/aromatic N) is 3. The number of amides is 2.